The van der Waals surface area contributed by atoms with Crippen LogP contribution in [-0.2, 0) is 4.79 Å². The summed E-state index contributed by atoms with van der Waals surface area (Å²) >= 11 is 0. The molecule has 2 unspecified atom stereocenters. The summed E-state index contributed by atoms with van der Waals surface area (Å²) in [5.41, 5.74) is 8.80. The molecule has 1 aliphatic rings. The summed E-state index contributed by atoms with van der Waals surface area (Å²) < 4.78 is 29.3. The fourth-order valence-electron chi connectivity index (χ4n) is 3.00. The van der Waals surface area contributed by atoms with Crippen LogP contribution in [-0.4, -0.2) is 23.0 Å². The maximum Gasteiger partial charge on any atom is 0.304 e. The molecule has 3 nitrogen and oxygen atoms in total. The first kappa shape index (κ1) is 20.3. The number of aliphatic carboxylic acids is 1. The second-order valence-electron chi connectivity index (χ2n) is 6.06. The van der Waals surface area contributed by atoms with Crippen LogP contribution in [0.4, 0.5) is 8.78 Å². The van der Waals surface area contributed by atoms with E-state index >= 15 is 0 Å². The van der Waals surface area contributed by atoms with Crippen molar-refractivity contribution in [1.29, 1.82) is 0 Å². The lowest BCUT2D eigenvalue weighted by Crippen LogP contribution is -2.45. The topological polar surface area (TPSA) is 63.3 Å². The van der Waals surface area contributed by atoms with E-state index in [1.54, 1.807) is 6.92 Å². The maximum atomic E-state index is 14.6. The minimum atomic E-state index is -3.15. The Kier molecular flexibility index (Phi) is 6.31. The van der Waals surface area contributed by atoms with Gasteiger partial charge >= 0.3 is 5.97 Å². The van der Waals surface area contributed by atoms with Gasteiger partial charge < -0.3 is 10.8 Å². The van der Waals surface area contributed by atoms with Gasteiger partial charge in [-0.2, -0.15) is 0 Å². The summed E-state index contributed by atoms with van der Waals surface area (Å²) in [6, 6.07) is 6.38. The highest BCUT2D eigenvalue weighted by Crippen LogP contribution is 2.45. The molecule has 132 valence electrons. The quantitative estimate of drug-likeness (QED) is 0.848. The second kappa shape index (κ2) is 7.45. The van der Waals surface area contributed by atoms with Crippen molar-refractivity contribution in [3.63, 3.8) is 0 Å². The number of allylic oxidation sites excluding steroid dienone is 3. The van der Waals surface area contributed by atoms with Crippen LogP contribution in [0.3, 0.4) is 0 Å². The van der Waals surface area contributed by atoms with E-state index in [1.165, 1.54) is 13.0 Å². The average molecular weight is 358 g/mol. The maximum absolute atomic E-state index is 14.6. The molecule has 0 amide bonds. The van der Waals surface area contributed by atoms with Crippen LogP contribution >= 0.6 is 12.4 Å². The molecule has 0 bridgehead atoms. The number of hydrogen-bond acceptors (Lipinski definition) is 2. The van der Waals surface area contributed by atoms with Crippen LogP contribution < -0.4 is 5.73 Å². The van der Waals surface area contributed by atoms with E-state index in [0.29, 0.717) is 11.1 Å². The molecule has 0 aromatic heterocycles. The Labute approximate surface area is 146 Å². The molecule has 0 saturated heterocycles. The molecule has 6 heteroatoms. The Morgan fingerprint density at radius 2 is 1.88 bits per heavy atom. The lowest BCUT2D eigenvalue weighted by atomic mass is 9.76. The molecule has 1 aromatic rings. The molecule has 2 atom stereocenters. The van der Waals surface area contributed by atoms with Gasteiger partial charge in [-0.05, 0) is 48.6 Å². The predicted octanol–water partition coefficient (Wildman–Crippen LogP) is 4.20. The van der Waals surface area contributed by atoms with Crippen LogP contribution in [0.5, 0.6) is 0 Å². The predicted molar refractivity (Wildman–Crippen MR) is 93.4 cm³/mol. The van der Waals surface area contributed by atoms with E-state index in [2.05, 4.69) is 0 Å². The molecule has 3 N–H and O–H groups in total. The molecule has 0 fully saturated rings. The van der Waals surface area contributed by atoms with E-state index < -0.39 is 30.3 Å². The first-order valence-electron chi connectivity index (χ1n) is 7.47. The molecule has 0 heterocycles. The lowest BCUT2D eigenvalue weighted by Gasteiger charge is -2.35. The van der Waals surface area contributed by atoms with E-state index in [9.17, 15) is 13.6 Å². The number of aryl methyl sites for hydroxylation is 1. The third kappa shape index (κ3) is 3.68. The molecule has 0 radical (unpaired) electrons. The van der Waals surface area contributed by atoms with Gasteiger partial charge in [0.25, 0.3) is 5.92 Å². The Hall–Kier alpha value is -1.72. The van der Waals surface area contributed by atoms with Crippen LogP contribution in [0, 0.1) is 12.8 Å². The molecule has 0 spiro atoms. The number of benzene rings is 1. The SMILES string of the molecule is CC1=C(C)C(F)(F)C(C(N)CC(=O)O)C=C1c1ccccc1C.Cl. The number of hydrogen-bond donors (Lipinski definition) is 2. The molecule has 1 aromatic carbocycles. The molecular weight excluding hydrogens is 336 g/mol. The highest BCUT2D eigenvalue weighted by Gasteiger charge is 2.47. The fourth-order valence-corrected chi connectivity index (χ4v) is 3.00. The summed E-state index contributed by atoms with van der Waals surface area (Å²) in [6.45, 7) is 4.97. The number of halogens is 3. The number of rotatable bonds is 4. The highest BCUT2D eigenvalue weighted by atomic mass is 35.5. The van der Waals surface area contributed by atoms with Gasteiger partial charge in [-0.15, -0.1) is 12.4 Å². The zero-order valence-corrected chi connectivity index (χ0v) is 14.7. The monoisotopic (exact) mass is 357 g/mol. The number of nitrogens with two attached hydrogens (primary N) is 1. The van der Waals surface area contributed by atoms with Crippen LogP contribution in [0.1, 0.15) is 31.4 Å². The van der Waals surface area contributed by atoms with Gasteiger partial charge in [0.15, 0.2) is 0 Å². The summed E-state index contributed by atoms with van der Waals surface area (Å²) in [5.74, 6) is -5.66. The Bertz CT molecular complexity index is 698. The first-order valence-corrected chi connectivity index (χ1v) is 7.47. The van der Waals surface area contributed by atoms with Gasteiger partial charge in [0.05, 0.1) is 12.3 Å². The largest absolute Gasteiger partial charge is 0.481 e. The fraction of sp³-hybridized carbons (Fsp3) is 0.389. The first-order chi connectivity index (χ1) is 10.7. The lowest BCUT2D eigenvalue weighted by molar-refractivity contribution is -0.138. The molecule has 0 saturated carbocycles. The Morgan fingerprint density at radius 3 is 2.42 bits per heavy atom. The van der Waals surface area contributed by atoms with Gasteiger partial charge in [0.2, 0.25) is 0 Å². The minimum absolute atomic E-state index is 0. The Balaban J connectivity index is 0.00000288. The standard InChI is InChI=1S/C18H21F2NO2.ClH/c1-10-6-4-5-7-13(10)14-8-15(16(21)9-17(22)23)18(19,20)12(3)11(14)2;/h4-8,15-16H,9,21H2,1-3H3,(H,22,23);1H. The van der Waals surface area contributed by atoms with Crippen molar-refractivity contribution in [2.24, 2.45) is 11.7 Å². The zero-order valence-electron chi connectivity index (χ0n) is 13.8. The number of carbonyl (C=O) groups is 1. The average Bonchev–Trinajstić information content (AvgIpc) is 2.45. The molecule has 2 rings (SSSR count). The second-order valence-corrected chi connectivity index (χ2v) is 6.06. The Morgan fingerprint density at radius 1 is 1.29 bits per heavy atom. The third-order valence-corrected chi connectivity index (χ3v) is 4.54. The third-order valence-electron chi connectivity index (χ3n) is 4.54. The summed E-state index contributed by atoms with van der Waals surface area (Å²) in [4.78, 5) is 10.9. The summed E-state index contributed by atoms with van der Waals surface area (Å²) in [6.07, 6.45) is 0.947. The molecule has 1 aliphatic carbocycles. The number of carboxylic acid groups (broad SMARTS) is 1. The van der Waals surface area contributed by atoms with Crippen molar-refractivity contribution in [2.45, 2.75) is 39.2 Å². The van der Waals surface area contributed by atoms with E-state index in [-0.39, 0.29) is 18.0 Å². The van der Waals surface area contributed by atoms with Gasteiger partial charge in [-0.1, -0.05) is 30.3 Å². The molecular formula is C18H22ClF2NO2. The van der Waals surface area contributed by atoms with Crippen LogP contribution in [0.2, 0.25) is 0 Å². The van der Waals surface area contributed by atoms with Gasteiger partial charge in [-0.3, -0.25) is 4.79 Å². The molecule has 0 aliphatic heterocycles. The van der Waals surface area contributed by atoms with Crippen molar-refractivity contribution in [3.05, 3.63) is 52.6 Å². The summed E-state index contributed by atoms with van der Waals surface area (Å²) in [7, 11) is 0. The van der Waals surface area contributed by atoms with Crippen LogP contribution in [0.15, 0.2) is 41.5 Å². The normalized spacial score (nSPS) is 20.9. The van der Waals surface area contributed by atoms with Gasteiger partial charge in [0.1, 0.15) is 0 Å². The van der Waals surface area contributed by atoms with E-state index in [0.717, 1.165) is 11.1 Å². The van der Waals surface area contributed by atoms with Crippen molar-refractivity contribution in [2.75, 3.05) is 0 Å². The summed E-state index contributed by atoms with van der Waals surface area (Å²) in [5, 5.41) is 8.87. The number of alkyl halides is 2. The molecule has 24 heavy (non-hydrogen) atoms. The smallest absolute Gasteiger partial charge is 0.304 e. The number of carboxylic acids is 1. The van der Waals surface area contributed by atoms with Gasteiger partial charge in [0, 0.05) is 6.04 Å². The van der Waals surface area contributed by atoms with Crippen molar-refractivity contribution in [1.82, 2.24) is 0 Å². The van der Waals surface area contributed by atoms with Crippen LogP contribution in [0.25, 0.3) is 5.57 Å². The van der Waals surface area contributed by atoms with E-state index in [4.69, 9.17) is 10.8 Å². The van der Waals surface area contributed by atoms with E-state index in [1.807, 2.05) is 31.2 Å². The van der Waals surface area contributed by atoms with Crippen molar-refractivity contribution in [3.8, 4) is 0 Å². The van der Waals surface area contributed by atoms with Crippen molar-refractivity contribution >= 4 is 23.9 Å². The van der Waals surface area contributed by atoms with Crippen molar-refractivity contribution < 1.29 is 18.7 Å². The minimum Gasteiger partial charge on any atom is -0.481 e. The zero-order chi connectivity index (χ0) is 17.4. The highest BCUT2D eigenvalue weighted by molar-refractivity contribution is 5.85. The van der Waals surface area contributed by atoms with Gasteiger partial charge in [-0.25, -0.2) is 8.78 Å².